The SMILES string of the molecule is O[C@H](CN1CCC(O)(c2ccccc2)CC1)c1ccc(Cl)cc1. The molecule has 1 aliphatic rings. The standard InChI is InChI=1S/C19H22ClNO2/c20-17-8-6-15(7-9-17)18(22)14-21-12-10-19(23,11-13-21)16-4-2-1-3-5-16/h1-9,18,22-23H,10-14H2/t18-/m1/s1. The van der Waals surface area contributed by atoms with E-state index in [1.165, 1.54) is 0 Å². The molecule has 1 atom stereocenters. The van der Waals surface area contributed by atoms with E-state index in [1.807, 2.05) is 42.5 Å². The zero-order chi connectivity index (χ0) is 16.3. The molecule has 3 nitrogen and oxygen atoms in total. The normalized spacial score (nSPS) is 19.4. The molecule has 0 aromatic heterocycles. The Hall–Kier alpha value is -1.39. The van der Waals surface area contributed by atoms with Crippen LogP contribution in [-0.2, 0) is 5.60 Å². The Balaban J connectivity index is 1.58. The van der Waals surface area contributed by atoms with Gasteiger partial charge in [0.1, 0.15) is 0 Å². The molecule has 0 aliphatic carbocycles. The highest BCUT2D eigenvalue weighted by Gasteiger charge is 2.34. The van der Waals surface area contributed by atoms with Crippen LogP contribution in [-0.4, -0.2) is 34.7 Å². The number of nitrogens with zero attached hydrogens (tertiary/aromatic N) is 1. The average molecular weight is 332 g/mol. The number of piperidine rings is 1. The molecule has 23 heavy (non-hydrogen) atoms. The van der Waals surface area contributed by atoms with Gasteiger partial charge in [-0.05, 0) is 36.1 Å². The van der Waals surface area contributed by atoms with Crippen LogP contribution in [0.4, 0.5) is 0 Å². The number of aliphatic hydroxyl groups excluding tert-OH is 1. The van der Waals surface area contributed by atoms with Gasteiger partial charge in [0.05, 0.1) is 11.7 Å². The molecule has 2 aromatic rings. The largest absolute Gasteiger partial charge is 0.387 e. The van der Waals surface area contributed by atoms with Gasteiger partial charge < -0.3 is 15.1 Å². The van der Waals surface area contributed by atoms with Crippen LogP contribution in [0.5, 0.6) is 0 Å². The second-order valence-corrected chi connectivity index (χ2v) is 6.70. The predicted octanol–water partition coefficient (Wildman–Crippen LogP) is 3.36. The highest BCUT2D eigenvalue weighted by atomic mass is 35.5. The van der Waals surface area contributed by atoms with Gasteiger partial charge in [-0.15, -0.1) is 0 Å². The number of halogens is 1. The number of hydrogen-bond donors (Lipinski definition) is 2. The molecule has 0 spiro atoms. The Morgan fingerprint density at radius 2 is 1.61 bits per heavy atom. The Kier molecular flexibility index (Phi) is 5.02. The molecule has 2 N–H and O–H groups in total. The molecule has 3 rings (SSSR count). The van der Waals surface area contributed by atoms with E-state index < -0.39 is 11.7 Å². The van der Waals surface area contributed by atoms with E-state index in [1.54, 1.807) is 12.1 Å². The summed E-state index contributed by atoms with van der Waals surface area (Å²) in [4.78, 5) is 2.21. The molecule has 1 aliphatic heterocycles. The highest BCUT2D eigenvalue weighted by molar-refractivity contribution is 6.30. The van der Waals surface area contributed by atoms with Crippen LogP contribution in [0.2, 0.25) is 5.02 Å². The lowest BCUT2D eigenvalue weighted by molar-refractivity contribution is -0.0344. The van der Waals surface area contributed by atoms with Crippen molar-refractivity contribution in [3.63, 3.8) is 0 Å². The van der Waals surface area contributed by atoms with Gasteiger partial charge in [-0.25, -0.2) is 0 Å². The molecule has 0 radical (unpaired) electrons. The van der Waals surface area contributed by atoms with Gasteiger partial charge in [-0.2, -0.15) is 0 Å². The zero-order valence-corrected chi connectivity index (χ0v) is 13.8. The van der Waals surface area contributed by atoms with Crippen LogP contribution in [0.1, 0.15) is 30.1 Å². The van der Waals surface area contributed by atoms with Crippen LogP contribution in [0.25, 0.3) is 0 Å². The molecule has 0 unspecified atom stereocenters. The molecule has 0 amide bonds. The van der Waals surface area contributed by atoms with E-state index in [0.29, 0.717) is 24.4 Å². The molecule has 1 heterocycles. The molecule has 2 aromatic carbocycles. The number of likely N-dealkylation sites (tertiary alicyclic amines) is 1. The van der Waals surface area contributed by atoms with Crippen LogP contribution in [0.15, 0.2) is 54.6 Å². The number of aliphatic hydroxyl groups is 2. The lowest BCUT2D eigenvalue weighted by Crippen LogP contribution is -2.43. The monoisotopic (exact) mass is 331 g/mol. The van der Waals surface area contributed by atoms with Crippen molar-refractivity contribution in [1.82, 2.24) is 4.90 Å². The van der Waals surface area contributed by atoms with Crippen molar-refractivity contribution < 1.29 is 10.2 Å². The summed E-state index contributed by atoms with van der Waals surface area (Å²) in [5, 5.41) is 21.9. The maximum atomic E-state index is 10.8. The highest BCUT2D eigenvalue weighted by Crippen LogP contribution is 2.33. The van der Waals surface area contributed by atoms with Gasteiger partial charge in [0, 0.05) is 24.7 Å². The maximum Gasteiger partial charge on any atom is 0.0920 e. The minimum atomic E-state index is -0.747. The number of benzene rings is 2. The second-order valence-electron chi connectivity index (χ2n) is 6.27. The minimum absolute atomic E-state index is 0.532. The van der Waals surface area contributed by atoms with Crippen LogP contribution in [0, 0.1) is 0 Å². The summed E-state index contributed by atoms with van der Waals surface area (Å²) in [5.41, 5.74) is 1.11. The third-order valence-corrected chi connectivity index (χ3v) is 4.93. The zero-order valence-electron chi connectivity index (χ0n) is 13.0. The van der Waals surface area contributed by atoms with Crippen molar-refractivity contribution in [1.29, 1.82) is 0 Å². The molecule has 122 valence electrons. The summed E-state index contributed by atoms with van der Waals surface area (Å²) in [6, 6.07) is 17.2. The summed E-state index contributed by atoms with van der Waals surface area (Å²) in [5.74, 6) is 0. The van der Waals surface area contributed by atoms with Crippen LogP contribution >= 0.6 is 11.6 Å². The van der Waals surface area contributed by atoms with Crippen molar-refractivity contribution in [2.75, 3.05) is 19.6 Å². The number of β-amino-alcohol motifs (C(OH)–C–C–N with tert-alkyl or cyclic N) is 1. The first-order valence-electron chi connectivity index (χ1n) is 8.01. The first-order chi connectivity index (χ1) is 11.1. The van der Waals surface area contributed by atoms with E-state index in [0.717, 1.165) is 24.2 Å². The number of rotatable bonds is 4. The Morgan fingerprint density at radius 3 is 2.22 bits per heavy atom. The summed E-state index contributed by atoms with van der Waals surface area (Å²) in [7, 11) is 0. The summed E-state index contributed by atoms with van der Waals surface area (Å²) < 4.78 is 0. The second kappa shape index (κ2) is 7.02. The maximum absolute atomic E-state index is 10.8. The molecular formula is C19H22ClNO2. The van der Waals surface area contributed by atoms with Crippen molar-refractivity contribution in [3.8, 4) is 0 Å². The summed E-state index contributed by atoms with van der Waals surface area (Å²) in [6.07, 6.45) is 0.838. The molecule has 0 saturated carbocycles. The van der Waals surface area contributed by atoms with Gasteiger partial charge in [-0.1, -0.05) is 54.1 Å². The van der Waals surface area contributed by atoms with Gasteiger partial charge >= 0.3 is 0 Å². The van der Waals surface area contributed by atoms with Crippen molar-refractivity contribution >= 4 is 11.6 Å². The van der Waals surface area contributed by atoms with E-state index in [4.69, 9.17) is 11.6 Å². The van der Waals surface area contributed by atoms with Gasteiger partial charge in [-0.3, -0.25) is 0 Å². The smallest absolute Gasteiger partial charge is 0.0920 e. The van der Waals surface area contributed by atoms with E-state index in [2.05, 4.69) is 4.90 Å². The van der Waals surface area contributed by atoms with Crippen molar-refractivity contribution in [3.05, 3.63) is 70.7 Å². The first-order valence-corrected chi connectivity index (χ1v) is 8.38. The lowest BCUT2D eigenvalue weighted by Gasteiger charge is -2.39. The molecule has 0 bridgehead atoms. The molecular weight excluding hydrogens is 310 g/mol. The third-order valence-electron chi connectivity index (χ3n) is 4.68. The molecule has 4 heteroatoms. The van der Waals surface area contributed by atoms with Gasteiger partial charge in [0.2, 0.25) is 0 Å². The fraction of sp³-hybridized carbons (Fsp3) is 0.368. The first kappa shape index (κ1) is 16.5. The fourth-order valence-corrected chi connectivity index (χ4v) is 3.30. The van der Waals surface area contributed by atoms with Gasteiger partial charge in [0.25, 0.3) is 0 Å². The Labute approximate surface area is 142 Å². The Bertz CT molecular complexity index is 622. The summed E-state index contributed by atoms with van der Waals surface area (Å²) >= 11 is 5.88. The van der Waals surface area contributed by atoms with Crippen LogP contribution < -0.4 is 0 Å². The third kappa shape index (κ3) is 3.93. The quantitative estimate of drug-likeness (QED) is 0.903. The van der Waals surface area contributed by atoms with E-state index in [9.17, 15) is 10.2 Å². The van der Waals surface area contributed by atoms with Gasteiger partial charge in [0.15, 0.2) is 0 Å². The molecule has 1 fully saturated rings. The Morgan fingerprint density at radius 1 is 1.00 bits per heavy atom. The van der Waals surface area contributed by atoms with Crippen LogP contribution in [0.3, 0.4) is 0 Å². The topological polar surface area (TPSA) is 43.7 Å². The lowest BCUT2D eigenvalue weighted by atomic mass is 9.84. The predicted molar refractivity (Wildman–Crippen MR) is 92.4 cm³/mol. The fourth-order valence-electron chi connectivity index (χ4n) is 3.18. The van der Waals surface area contributed by atoms with Crippen molar-refractivity contribution in [2.24, 2.45) is 0 Å². The summed E-state index contributed by atoms with van der Waals surface area (Å²) in [6.45, 7) is 2.12. The van der Waals surface area contributed by atoms with E-state index >= 15 is 0 Å². The molecule has 1 saturated heterocycles. The average Bonchev–Trinajstić information content (AvgIpc) is 2.58. The minimum Gasteiger partial charge on any atom is -0.387 e. The number of hydrogen-bond acceptors (Lipinski definition) is 3. The van der Waals surface area contributed by atoms with Crippen molar-refractivity contribution in [2.45, 2.75) is 24.5 Å². The van der Waals surface area contributed by atoms with E-state index in [-0.39, 0.29) is 0 Å².